The molecule has 0 saturated carbocycles. The maximum atomic E-state index is 4.52. The molecule has 2 rings (SSSR count). The zero-order valence-corrected chi connectivity index (χ0v) is 12.8. The summed E-state index contributed by atoms with van der Waals surface area (Å²) in [4.78, 5) is 12.9. The third-order valence-corrected chi connectivity index (χ3v) is 3.43. The molecule has 0 aromatic carbocycles. The van der Waals surface area contributed by atoms with Gasteiger partial charge in [0.2, 0.25) is 5.95 Å². The van der Waals surface area contributed by atoms with Gasteiger partial charge in [0, 0.05) is 26.8 Å². The van der Waals surface area contributed by atoms with Crippen molar-refractivity contribution in [3.8, 4) is 0 Å². The summed E-state index contributed by atoms with van der Waals surface area (Å²) in [6.07, 6.45) is 3.54. The van der Waals surface area contributed by atoms with Crippen LogP contribution in [0.3, 0.4) is 0 Å². The quantitative estimate of drug-likeness (QED) is 0.832. The molecule has 0 aliphatic rings. The fourth-order valence-corrected chi connectivity index (χ4v) is 2.36. The molecule has 90 valence electrons. The number of nitrogens with one attached hydrogen (secondary N) is 1. The predicted octanol–water partition coefficient (Wildman–Crippen LogP) is 3.58. The van der Waals surface area contributed by atoms with Gasteiger partial charge in [0.05, 0.1) is 5.69 Å². The Kier molecular flexibility index (Phi) is 3.62. The minimum Gasteiger partial charge on any atom is -0.300 e. The van der Waals surface area contributed by atoms with Crippen LogP contribution >= 0.6 is 33.9 Å². The maximum absolute atomic E-state index is 4.52. The van der Waals surface area contributed by atoms with Crippen LogP contribution in [0.15, 0.2) is 17.8 Å². The summed E-state index contributed by atoms with van der Waals surface area (Å²) >= 11 is 3.75. The molecular formula is C11H13IN4S. The van der Waals surface area contributed by atoms with Gasteiger partial charge in [0.1, 0.15) is 0 Å². The largest absolute Gasteiger partial charge is 0.300 e. The Morgan fingerprint density at radius 1 is 1.24 bits per heavy atom. The maximum Gasteiger partial charge on any atom is 0.228 e. The lowest BCUT2D eigenvalue weighted by atomic mass is 9.93. The average molecular weight is 360 g/mol. The average Bonchev–Trinajstić information content (AvgIpc) is 2.69. The van der Waals surface area contributed by atoms with E-state index in [1.54, 1.807) is 23.7 Å². The van der Waals surface area contributed by atoms with Gasteiger partial charge in [-0.2, -0.15) is 0 Å². The third kappa shape index (κ3) is 3.35. The molecular weight excluding hydrogens is 347 g/mol. The van der Waals surface area contributed by atoms with Crippen LogP contribution in [0.2, 0.25) is 0 Å². The van der Waals surface area contributed by atoms with Gasteiger partial charge in [0.15, 0.2) is 5.13 Å². The van der Waals surface area contributed by atoms with Gasteiger partial charge in [-0.05, 0) is 22.6 Å². The second-order valence-corrected chi connectivity index (χ2v) is 6.74. The van der Waals surface area contributed by atoms with Gasteiger partial charge in [-0.25, -0.2) is 15.0 Å². The Morgan fingerprint density at radius 3 is 2.41 bits per heavy atom. The Labute approximate surface area is 118 Å². The number of hydrogen-bond donors (Lipinski definition) is 1. The number of rotatable bonds is 2. The smallest absolute Gasteiger partial charge is 0.228 e. The first-order valence-electron chi connectivity index (χ1n) is 5.16. The molecule has 2 heterocycles. The van der Waals surface area contributed by atoms with E-state index in [4.69, 9.17) is 0 Å². The predicted molar refractivity (Wildman–Crippen MR) is 78.8 cm³/mol. The van der Waals surface area contributed by atoms with Crippen LogP contribution in [0.25, 0.3) is 0 Å². The Morgan fingerprint density at radius 2 is 1.88 bits per heavy atom. The molecule has 2 aromatic rings. The molecule has 17 heavy (non-hydrogen) atoms. The third-order valence-electron chi connectivity index (χ3n) is 2.11. The number of nitrogens with zero attached hydrogens (tertiary/aromatic N) is 3. The molecule has 4 nitrogen and oxygen atoms in total. The van der Waals surface area contributed by atoms with Gasteiger partial charge in [-0.15, -0.1) is 11.3 Å². The standard InChI is InChI=1S/C11H13IN4S/c1-11(2,3)8-6-17-10(15-8)16-9-13-4-7(12)5-14-9/h4-6H,1-3H3,(H,13,14,15,16). The molecule has 0 saturated heterocycles. The van der Waals surface area contributed by atoms with Gasteiger partial charge >= 0.3 is 0 Å². The van der Waals surface area contributed by atoms with Crippen LogP contribution in [0.1, 0.15) is 26.5 Å². The van der Waals surface area contributed by atoms with Crippen molar-refractivity contribution in [1.82, 2.24) is 15.0 Å². The normalized spacial score (nSPS) is 11.5. The van der Waals surface area contributed by atoms with E-state index in [9.17, 15) is 0 Å². The van der Waals surface area contributed by atoms with Crippen LogP contribution in [0.5, 0.6) is 0 Å². The SMILES string of the molecule is CC(C)(C)c1csc(Nc2ncc(I)cn2)n1. The van der Waals surface area contributed by atoms with Gasteiger partial charge < -0.3 is 5.32 Å². The highest BCUT2D eigenvalue weighted by Crippen LogP contribution is 2.27. The van der Waals surface area contributed by atoms with E-state index in [1.807, 2.05) is 0 Å². The molecule has 0 bridgehead atoms. The molecule has 0 unspecified atom stereocenters. The van der Waals surface area contributed by atoms with E-state index in [-0.39, 0.29) is 5.41 Å². The Bertz CT molecular complexity index is 501. The minimum atomic E-state index is 0.0728. The number of thiazole rings is 1. The molecule has 0 radical (unpaired) electrons. The molecule has 0 spiro atoms. The van der Waals surface area contributed by atoms with E-state index in [0.29, 0.717) is 5.95 Å². The van der Waals surface area contributed by atoms with E-state index < -0.39 is 0 Å². The monoisotopic (exact) mass is 360 g/mol. The van der Waals surface area contributed by atoms with Crippen molar-refractivity contribution >= 4 is 45.0 Å². The zero-order chi connectivity index (χ0) is 12.5. The zero-order valence-electron chi connectivity index (χ0n) is 9.86. The van der Waals surface area contributed by atoms with Crippen LogP contribution in [-0.4, -0.2) is 15.0 Å². The molecule has 6 heteroatoms. The molecule has 0 fully saturated rings. The summed E-state index contributed by atoms with van der Waals surface area (Å²) in [5.74, 6) is 0.584. The molecule has 0 atom stereocenters. The first-order chi connectivity index (χ1) is 7.95. The van der Waals surface area contributed by atoms with Crippen molar-refractivity contribution in [3.05, 3.63) is 27.0 Å². The topological polar surface area (TPSA) is 50.7 Å². The highest BCUT2D eigenvalue weighted by Gasteiger charge is 2.17. The lowest BCUT2D eigenvalue weighted by molar-refractivity contribution is 0.573. The number of aromatic nitrogens is 3. The van der Waals surface area contributed by atoms with Crippen LogP contribution in [-0.2, 0) is 5.41 Å². The van der Waals surface area contributed by atoms with E-state index in [2.05, 4.69) is 69.0 Å². The minimum absolute atomic E-state index is 0.0728. The van der Waals surface area contributed by atoms with E-state index in [1.165, 1.54) is 0 Å². The molecule has 0 amide bonds. The number of anilines is 2. The Balaban J connectivity index is 2.14. The summed E-state index contributed by atoms with van der Waals surface area (Å²) in [7, 11) is 0. The van der Waals surface area contributed by atoms with E-state index in [0.717, 1.165) is 14.4 Å². The number of hydrogen-bond acceptors (Lipinski definition) is 5. The highest BCUT2D eigenvalue weighted by molar-refractivity contribution is 14.1. The summed E-state index contributed by atoms with van der Waals surface area (Å²) in [6, 6.07) is 0. The first kappa shape index (κ1) is 12.7. The molecule has 0 aliphatic heterocycles. The van der Waals surface area contributed by atoms with Crippen LogP contribution in [0, 0.1) is 3.57 Å². The van der Waals surface area contributed by atoms with E-state index >= 15 is 0 Å². The molecule has 0 aliphatic carbocycles. The van der Waals surface area contributed by atoms with Crippen molar-refractivity contribution in [1.29, 1.82) is 0 Å². The molecule has 1 N–H and O–H groups in total. The summed E-state index contributed by atoms with van der Waals surface area (Å²) in [5, 5.41) is 6.00. The van der Waals surface area contributed by atoms with Crippen molar-refractivity contribution < 1.29 is 0 Å². The lowest BCUT2D eigenvalue weighted by Gasteiger charge is -2.14. The van der Waals surface area contributed by atoms with Crippen molar-refractivity contribution in [2.45, 2.75) is 26.2 Å². The van der Waals surface area contributed by atoms with Gasteiger partial charge in [-0.1, -0.05) is 20.8 Å². The fourth-order valence-electron chi connectivity index (χ4n) is 1.15. The second kappa shape index (κ2) is 4.85. The summed E-state index contributed by atoms with van der Waals surface area (Å²) in [5.41, 5.74) is 1.15. The van der Waals surface area contributed by atoms with Crippen LogP contribution < -0.4 is 5.32 Å². The van der Waals surface area contributed by atoms with Crippen molar-refractivity contribution in [2.75, 3.05) is 5.32 Å². The lowest BCUT2D eigenvalue weighted by Crippen LogP contribution is -2.11. The van der Waals surface area contributed by atoms with Crippen LogP contribution in [0.4, 0.5) is 11.1 Å². The summed E-state index contributed by atoms with van der Waals surface area (Å²) < 4.78 is 1.02. The Hall–Kier alpha value is -0.760. The second-order valence-electron chi connectivity index (χ2n) is 4.64. The van der Waals surface area contributed by atoms with Gasteiger partial charge in [0.25, 0.3) is 0 Å². The first-order valence-corrected chi connectivity index (χ1v) is 7.11. The van der Waals surface area contributed by atoms with Crippen molar-refractivity contribution in [3.63, 3.8) is 0 Å². The highest BCUT2D eigenvalue weighted by atomic mass is 127. The van der Waals surface area contributed by atoms with Gasteiger partial charge in [-0.3, -0.25) is 0 Å². The number of halogens is 1. The fraction of sp³-hybridized carbons (Fsp3) is 0.364. The van der Waals surface area contributed by atoms with Crippen molar-refractivity contribution in [2.24, 2.45) is 0 Å². The summed E-state index contributed by atoms with van der Waals surface area (Å²) in [6.45, 7) is 6.44. The molecule has 2 aromatic heterocycles.